The summed E-state index contributed by atoms with van der Waals surface area (Å²) < 4.78 is 0. The van der Waals surface area contributed by atoms with Crippen LogP contribution >= 0.6 is 0 Å². The Balaban J connectivity index is 1.61. The zero-order chi connectivity index (χ0) is 15.4. The molecule has 6 heteroatoms. The molecule has 1 aromatic heterocycles. The average Bonchev–Trinajstić information content (AvgIpc) is 2.96. The van der Waals surface area contributed by atoms with Gasteiger partial charge in [0, 0.05) is 31.9 Å². The second kappa shape index (κ2) is 6.53. The van der Waals surface area contributed by atoms with Crippen LogP contribution in [0.2, 0.25) is 0 Å². The van der Waals surface area contributed by atoms with Gasteiger partial charge < -0.3 is 5.32 Å². The first kappa shape index (κ1) is 14.5. The molecule has 2 aromatic rings. The van der Waals surface area contributed by atoms with E-state index in [-0.39, 0.29) is 11.7 Å². The third-order valence-corrected chi connectivity index (χ3v) is 3.88. The molecule has 0 saturated carbocycles. The maximum atomic E-state index is 11.0. The van der Waals surface area contributed by atoms with E-state index in [1.807, 2.05) is 18.2 Å². The summed E-state index contributed by atoms with van der Waals surface area (Å²) in [6.07, 6.45) is 3.84. The van der Waals surface area contributed by atoms with Gasteiger partial charge in [0.2, 0.25) is 0 Å². The van der Waals surface area contributed by atoms with Gasteiger partial charge in [-0.25, -0.2) is 0 Å². The van der Waals surface area contributed by atoms with E-state index < -0.39 is 4.92 Å². The smallest absolute Gasteiger partial charge is 0.310 e. The van der Waals surface area contributed by atoms with Crippen molar-refractivity contribution >= 4 is 11.4 Å². The normalized spacial score (nSPS) is 18.3. The van der Waals surface area contributed by atoms with E-state index in [2.05, 4.69) is 27.3 Å². The molecule has 1 saturated heterocycles. The average molecular weight is 298 g/mol. The summed E-state index contributed by atoms with van der Waals surface area (Å²) in [5.41, 5.74) is 1.87. The van der Waals surface area contributed by atoms with E-state index in [0.717, 1.165) is 26.1 Å². The van der Waals surface area contributed by atoms with Crippen molar-refractivity contribution in [3.05, 3.63) is 64.5 Å². The van der Waals surface area contributed by atoms with Gasteiger partial charge in [-0.3, -0.25) is 20.0 Å². The molecule has 0 amide bonds. The van der Waals surface area contributed by atoms with Crippen LogP contribution < -0.4 is 5.32 Å². The Labute approximate surface area is 128 Å². The van der Waals surface area contributed by atoms with Crippen LogP contribution in [-0.4, -0.2) is 33.9 Å². The number of aromatic nitrogens is 1. The maximum absolute atomic E-state index is 11.0. The van der Waals surface area contributed by atoms with E-state index >= 15 is 0 Å². The minimum absolute atomic E-state index is 0.0315. The topological polar surface area (TPSA) is 71.3 Å². The van der Waals surface area contributed by atoms with Gasteiger partial charge >= 0.3 is 5.69 Å². The first-order valence-corrected chi connectivity index (χ1v) is 7.33. The molecule has 2 heterocycles. The predicted molar refractivity (Wildman–Crippen MR) is 84.6 cm³/mol. The fourth-order valence-electron chi connectivity index (χ4n) is 2.81. The van der Waals surface area contributed by atoms with Gasteiger partial charge in [0.15, 0.2) is 0 Å². The van der Waals surface area contributed by atoms with Crippen LogP contribution in [0.3, 0.4) is 0 Å². The van der Waals surface area contributed by atoms with Gasteiger partial charge in [0.1, 0.15) is 11.9 Å². The number of pyridine rings is 1. The van der Waals surface area contributed by atoms with Crippen molar-refractivity contribution in [2.24, 2.45) is 0 Å². The number of benzene rings is 1. The second-order valence-corrected chi connectivity index (χ2v) is 5.50. The van der Waals surface area contributed by atoms with Gasteiger partial charge in [0.25, 0.3) is 0 Å². The fraction of sp³-hybridized carbons (Fsp3) is 0.312. The third-order valence-electron chi connectivity index (χ3n) is 3.88. The minimum atomic E-state index is -0.397. The monoisotopic (exact) mass is 298 g/mol. The molecule has 22 heavy (non-hydrogen) atoms. The van der Waals surface area contributed by atoms with Crippen molar-refractivity contribution in [2.75, 3.05) is 18.4 Å². The molecule has 1 aliphatic heterocycles. The van der Waals surface area contributed by atoms with Gasteiger partial charge in [0.05, 0.1) is 4.92 Å². The number of hydrogen-bond acceptors (Lipinski definition) is 5. The molecule has 1 aromatic carbocycles. The third kappa shape index (κ3) is 3.40. The van der Waals surface area contributed by atoms with Crippen LogP contribution in [0, 0.1) is 10.1 Å². The summed E-state index contributed by atoms with van der Waals surface area (Å²) >= 11 is 0. The lowest BCUT2D eigenvalue weighted by Gasteiger charge is -2.17. The number of likely N-dealkylation sites (tertiary alicyclic amines) is 1. The summed E-state index contributed by atoms with van der Waals surface area (Å²) in [5.74, 6) is 0. The lowest BCUT2D eigenvalue weighted by atomic mass is 10.2. The highest BCUT2D eigenvalue weighted by atomic mass is 16.6. The Morgan fingerprint density at radius 2 is 2.14 bits per heavy atom. The van der Waals surface area contributed by atoms with Crippen LogP contribution in [0.5, 0.6) is 0 Å². The molecule has 0 bridgehead atoms. The van der Waals surface area contributed by atoms with Crippen molar-refractivity contribution < 1.29 is 4.92 Å². The molecule has 1 N–H and O–H groups in total. The molecular weight excluding hydrogens is 280 g/mol. The largest absolute Gasteiger partial charge is 0.375 e. The molecule has 0 aliphatic carbocycles. The van der Waals surface area contributed by atoms with Crippen molar-refractivity contribution in [1.82, 2.24) is 9.88 Å². The minimum Gasteiger partial charge on any atom is -0.375 e. The standard InChI is InChI=1S/C16H18N4O2/c21-20(22)16-10-17-8-6-15(16)18-14-7-9-19(12-14)11-13-4-2-1-3-5-13/h1-6,8,10,14H,7,9,11-12H2,(H,17,18)/t14-/m1/s1. The summed E-state index contributed by atoms with van der Waals surface area (Å²) in [7, 11) is 0. The molecular formula is C16H18N4O2. The number of nitro groups is 1. The number of rotatable bonds is 5. The summed E-state index contributed by atoms with van der Waals surface area (Å²) in [6, 6.07) is 12.2. The van der Waals surface area contributed by atoms with Gasteiger partial charge in [-0.2, -0.15) is 0 Å². The highest BCUT2D eigenvalue weighted by Gasteiger charge is 2.24. The highest BCUT2D eigenvalue weighted by Crippen LogP contribution is 2.25. The van der Waals surface area contributed by atoms with Gasteiger partial charge in [-0.05, 0) is 18.1 Å². The number of nitrogens with one attached hydrogen (secondary N) is 1. The molecule has 0 radical (unpaired) electrons. The molecule has 0 spiro atoms. The van der Waals surface area contributed by atoms with Crippen LogP contribution in [-0.2, 0) is 6.54 Å². The van der Waals surface area contributed by atoms with Crippen LogP contribution in [0.1, 0.15) is 12.0 Å². The van der Waals surface area contributed by atoms with Gasteiger partial charge in [-0.15, -0.1) is 0 Å². The van der Waals surface area contributed by atoms with E-state index in [0.29, 0.717) is 5.69 Å². The fourth-order valence-corrected chi connectivity index (χ4v) is 2.81. The summed E-state index contributed by atoms with van der Waals surface area (Å²) in [5, 5.41) is 14.3. The molecule has 3 rings (SSSR count). The molecule has 6 nitrogen and oxygen atoms in total. The number of nitrogens with zero attached hydrogens (tertiary/aromatic N) is 3. The molecule has 114 valence electrons. The first-order chi connectivity index (χ1) is 10.7. The Morgan fingerprint density at radius 3 is 2.91 bits per heavy atom. The van der Waals surface area contributed by atoms with Crippen molar-refractivity contribution in [2.45, 2.75) is 19.0 Å². The Hall–Kier alpha value is -2.47. The molecule has 1 fully saturated rings. The highest BCUT2D eigenvalue weighted by molar-refractivity contribution is 5.60. The molecule has 1 atom stereocenters. The Bertz CT molecular complexity index is 648. The lowest BCUT2D eigenvalue weighted by molar-refractivity contribution is -0.384. The van der Waals surface area contributed by atoms with Crippen molar-refractivity contribution in [3.8, 4) is 0 Å². The van der Waals surface area contributed by atoms with Crippen LogP contribution in [0.4, 0.5) is 11.4 Å². The van der Waals surface area contributed by atoms with E-state index in [1.54, 1.807) is 12.3 Å². The van der Waals surface area contributed by atoms with Crippen molar-refractivity contribution in [1.29, 1.82) is 0 Å². The predicted octanol–water partition coefficient (Wildman–Crippen LogP) is 2.68. The maximum Gasteiger partial charge on any atom is 0.310 e. The van der Waals surface area contributed by atoms with Gasteiger partial charge in [-0.1, -0.05) is 30.3 Å². The van der Waals surface area contributed by atoms with E-state index in [1.165, 1.54) is 11.8 Å². The zero-order valence-corrected chi connectivity index (χ0v) is 12.2. The van der Waals surface area contributed by atoms with Crippen LogP contribution in [0.25, 0.3) is 0 Å². The Morgan fingerprint density at radius 1 is 1.32 bits per heavy atom. The summed E-state index contributed by atoms with van der Waals surface area (Å²) in [6.45, 7) is 2.79. The number of hydrogen-bond donors (Lipinski definition) is 1. The second-order valence-electron chi connectivity index (χ2n) is 5.50. The summed E-state index contributed by atoms with van der Waals surface area (Å²) in [4.78, 5) is 16.8. The number of anilines is 1. The molecule has 1 aliphatic rings. The lowest BCUT2D eigenvalue weighted by Crippen LogP contribution is -2.26. The van der Waals surface area contributed by atoms with E-state index in [9.17, 15) is 10.1 Å². The first-order valence-electron chi connectivity index (χ1n) is 7.33. The SMILES string of the molecule is O=[N+]([O-])c1cnccc1N[C@@H]1CCN(Cc2ccccc2)C1. The Kier molecular flexibility index (Phi) is 4.29. The quantitative estimate of drug-likeness (QED) is 0.679. The van der Waals surface area contributed by atoms with E-state index in [4.69, 9.17) is 0 Å². The van der Waals surface area contributed by atoms with Crippen molar-refractivity contribution in [3.63, 3.8) is 0 Å². The van der Waals surface area contributed by atoms with Crippen LogP contribution in [0.15, 0.2) is 48.8 Å². The zero-order valence-electron chi connectivity index (χ0n) is 12.2. The molecule has 0 unspecified atom stereocenters.